The third-order valence-corrected chi connectivity index (χ3v) is 5.10. The van der Waals surface area contributed by atoms with Gasteiger partial charge in [-0.05, 0) is 52.2 Å². The zero-order chi connectivity index (χ0) is 22.9. The van der Waals surface area contributed by atoms with Gasteiger partial charge in [0.05, 0.1) is 10.9 Å². The number of ether oxygens (including phenoxy) is 1. The number of rotatable bonds is 9. The number of hydrogen-bond donors (Lipinski definition) is 3. The minimum absolute atomic E-state index is 0.00618. The van der Waals surface area contributed by atoms with Crippen LogP contribution < -0.4 is 20.9 Å². The Hall–Kier alpha value is -3.58. The van der Waals surface area contributed by atoms with Crippen LogP contribution in [0, 0.1) is 6.92 Å². The standard InChI is InChI=1S/C25H24BrN3O3/c1-17-12-13-23(21(26)14-17)32-16-25(31)29-28-18(2)15-24(30)27-22-11-7-6-10-20(22)19-8-4-3-5-9-19/h3-14,28H,2,15-16H2,1H3,(H,27,30)(H,29,31). The highest BCUT2D eigenvalue weighted by molar-refractivity contribution is 9.10. The van der Waals surface area contributed by atoms with Crippen LogP contribution in [0.5, 0.6) is 5.75 Å². The average Bonchev–Trinajstić information content (AvgIpc) is 2.78. The molecule has 32 heavy (non-hydrogen) atoms. The molecule has 2 amide bonds. The minimum Gasteiger partial charge on any atom is -0.483 e. The molecular weight excluding hydrogens is 470 g/mol. The highest BCUT2D eigenvalue weighted by Crippen LogP contribution is 2.28. The molecule has 0 aromatic heterocycles. The van der Waals surface area contributed by atoms with E-state index < -0.39 is 5.91 Å². The molecule has 0 aliphatic carbocycles. The predicted octanol–water partition coefficient (Wildman–Crippen LogP) is 4.97. The van der Waals surface area contributed by atoms with Crippen molar-refractivity contribution in [2.75, 3.05) is 11.9 Å². The Morgan fingerprint density at radius 1 is 0.938 bits per heavy atom. The van der Waals surface area contributed by atoms with Gasteiger partial charge in [-0.25, -0.2) is 0 Å². The number of hydrazine groups is 1. The van der Waals surface area contributed by atoms with Gasteiger partial charge in [0.25, 0.3) is 5.91 Å². The Bertz CT molecular complexity index is 1120. The molecule has 0 spiro atoms. The summed E-state index contributed by atoms with van der Waals surface area (Å²) in [6.07, 6.45) is -0.00618. The Morgan fingerprint density at radius 3 is 2.41 bits per heavy atom. The summed E-state index contributed by atoms with van der Waals surface area (Å²) in [7, 11) is 0. The summed E-state index contributed by atoms with van der Waals surface area (Å²) in [6, 6.07) is 23.0. The molecule has 0 aliphatic rings. The molecule has 3 N–H and O–H groups in total. The van der Waals surface area contributed by atoms with Crippen molar-refractivity contribution >= 4 is 33.4 Å². The molecule has 7 heteroatoms. The number of halogens is 1. The number of nitrogens with one attached hydrogen (secondary N) is 3. The SMILES string of the molecule is C=C(CC(=O)Nc1ccccc1-c1ccccc1)NNC(=O)COc1ccc(C)cc1Br. The second kappa shape index (κ2) is 11.2. The monoisotopic (exact) mass is 493 g/mol. The van der Waals surface area contributed by atoms with Crippen molar-refractivity contribution in [1.82, 2.24) is 10.9 Å². The molecule has 6 nitrogen and oxygen atoms in total. The van der Waals surface area contributed by atoms with E-state index in [-0.39, 0.29) is 18.9 Å². The number of amides is 2. The van der Waals surface area contributed by atoms with Gasteiger partial charge < -0.3 is 15.5 Å². The lowest BCUT2D eigenvalue weighted by Crippen LogP contribution is -2.40. The molecule has 0 radical (unpaired) electrons. The van der Waals surface area contributed by atoms with E-state index in [1.54, 1.807) is 6.07 Å². The van der Waals surface area contributed by atoms with Crippen LogP contribution in [0.1, 0.15) is 12.0 Å². The zero-order valence-electron chi connectivity index (χ0n) is 17.7. The van der Waals surface area contributed by atoms with Gasteiger partial charge in [0.2, 0.25) is 5.91 Å². The first-order chi connectivity index (χ1) is 15.4. The van der Waals surface area contributed by atoms with Gasteiger partial charge in [-0.15, -0.1) is 0 Å². The maximum absolute atomic E-state index is 12.5. The van der Waals surface area contributed by atoms with E-state index >= 15 is 0 Å². The average molecular weight is 494 g/mol. The summed E-state index contributed by atoms with van der Waals surface area (Å²) in [4.78, 5) is 24.5. The van der Waals surface area contributed by atoms with Crippen molar-refractivity contribution in [3.05, 3.63) is 95.1 Å². The van der Waals surface area contributed by atoms with Gasteiger partial charge in [0, 0.05) is 16.9 Å². The fraction of sp³-hybridized carbons (Fsp3) is 0.120. The first-order valence-electron chi connectivity index (χ1n) is 9.98. The lowest BCUT2D eigenvalue weighted by Gasteiger charge is -2.14. The van der Waals surface area contributed by atoms with Crippen LogP contribution >= 0.6 is 15.9 Å². The first-order valence-corrected chi connectivity index (χ1v) is 10.8. The molecule has 0 bridgehead atoms. The lowest BCUT2D eigenvalue weighted by molar-refractivity contribution is -0.124. The molecule has 0 fully saturated rings. The van der Waals surface area contributed by atoms with Crippen LogP contribution in [0.25, 0.3) is 11.1 Å². The smallest absolute Gasteiger partial charge is 0.276 e. The molecule has 0 atom stereocenters. The van der Waals surface area contributed by atoms with Crippen molar-refractivity contribution in [3.8, 4) is 16.9 Å². The lowest BCUT2D eigenvalue weighted by atomic mass is 10.0. The van der Waals surface area contributed by atoms with Crippen molar-refractivity contribution in [2.24, 2.45) is 0 Å². The second-order valence-corrected chi connectivity index (χ2v) is 7.99. The highest BCUT2D eigenvalue weighted by atomic mass is 79.9. The van der Waals surface area contributed by atoms with E-state index in [1.807, 2.05) is 73.7 Å². The van der Waals surface area contributed by atoms with Gasteiger partial charge in [0.15, 0.2) is 6.61 Å². The Morgan fingerprint density at radius 2 is 1.66 bits per heavy atom. The Balaban J connectivity index is 1.46. The number of carbonyl (C=O) groups is 2. The maximum Gasteiger partial charge on any atom is 0.276 e. The van der Waals surface area contributed by atoms with Crippen molar-refractivity contribution < 1.29 is 14.3 Å². The van der Waals surface area contributed by atoms with Gasteiger partial charge in [-0.2, -0.15) is 0 Å². The van der Waals surface area contributed by atoms with Crippen molar-refractivity contribution in [3.63, 3.8) is 0 Å². The summed E-state index contributed by atoms with van der Waals surface area (Å²) >= 11 is 3.40. The van der Waals surface area contributed by atoms with E-state index in [9.17, 15) is 9.59 Å². The molecule has 3 aromatic rings. The topological polar surface area (TPSA) is 79.5 Å². The van der Waals surface area contributed by atoms with Crippen LogP contribution in [0.4, 0.5) is 5.69 Å². The van der Waals surface area contributed by atoms with Crippen LogP contribution in [-0.4, -0.2) is 18.4 Å². The fourth-order valence-electron chi connectivity index (χ4n) is 2.95. The van der Waals surface area contributed by atoms with Gasteiger partial charge in [-0.3, -0.25) is 15.0 Å². The van der Waals surface area contributed by atoms with Crippen LogP contribution in [0.2, 0.25) is 0 Å². The summed E-state index contributed by atoms with van der Waals surface area (Å²) in [5.41, 5.74) is 9.21. The molecule has 164 valence electrons. The van der Waals surface area contributed by atoms with Gasteiger partial charge in [0.1, 0.15) is 5.75 Å². The van der Waals surface area contributed by atoms with E-state index in [2.05, 4.69) is 38.7 Å². The maximum atomic E-state index is 12.5. The van der Waals surface area contributed by atoms with E-state index in [0.717, 1.165) is 21.2 Å². The minimum atomic E-state index is -0.395. The number of para-hydroxylation sites is 1. The molecule has 0 heterocycles. The van der Waals surface area contributed by atoms with E-state index in [1.165, 1.54) is 0 Å². The fourth-order valence-corrected chi connectivity index (χ4v) is 3.56. The summed E-state index contributed by atoms with van der Waals surface area (Å²) < 4.78 is 6.27. The molecule has 0 saturated heterocycles. The van der Waals surface area contributed by atoms with Crippen molar-refractivity contribution in [1.29, 1.82) is 0 Å². The van der Waals surface area contributed by atoms with Crippen LogP contribution in [-0.2, 0) is 9.59 Å². The summed E-state index contributed by atoms with van der Waals surface area (Å²) in [5, 5.41) is 2.90. The van der Waals surface area contributed by atoms with Crippen LogP contribution in [0.3, 0.4) is 0 Å². The normalized spacial score (nSPS) is 10.2. The highest BCUT2D eigenvalue weighted by Gasteiger charge is 2.11. The number of hydrogen-bond acceptors (Lipinski definition) is 4. The molecule has 0 aliphatic heterocycles. The molecule has 3 rings (SSSR count). The zero-order valence-corrected chi connectivity index (χ0v) is 19.2. The summed E-state index contributed by atoms with van der Waals surface area (Å²) in [6.45, 7) is 5.58. The third kappa shape index (κ3) is 6.72. The molecule has 0 unspecified atom stereocenters. The largest absolute Gasteiger partial charge is 0.483 e. The second-order valence-electron chi connectivity index (χ2n) is 7.14. The number of benzene rings is 3. The number of anilines is 1. The number of carbonyl (C=O) groups excluding carboxylic acids is 2. The van der Waals surface area contributed by atoms with Gasteiger partial charge in [-0.1, -0.05) is 61.2 Å². The molecular formula is C25H24BrN3O3. The summed E-state index contributed by atoms with van der Waals surface area (Å²) in [5.74, 6) is -0.0746. The molecule has 3 aromatic carbocycles. The van der Waals surface area contributed by atoms with Gasteiger partial charge >= 0.3 is 0 Å². The van der Waals surface area contributed by atoms with E-state index in [0.29, 0.717) is 17.1 Å². The first kappa shape index (κ1) is 23.1. The van der Waals surface area contributed by atoms with Crippen LogP contribution in [0.15, 0.2) is 89.5 Å². The third-order valence-electron chi connectivity index (χ3n) is 4.48. The Kier molecular flexibility index (Phi) is 8.05. The van der Waals surface area contributed by atoms with E-state index in [4.69, 9.17) is 4.74 Å². The Labute approximate surface area is 195 Å². The number of aryl methyl sites for hydroxylation is 1. The molecule has 0 saturated carbocycles. The van der Waals surface area contributed by atoms with Crippen molar-refractivity contribution in [2.45, 2.75) is 13.3 Å². The predicted molar refractivity (Wildman–Crippen MR) is 130 cm³/mol. The quantitative estimate of drug-likeness (QED) is 0.367.